The molecule has 0 N–H and O–H groups in total. The zero-order valence-electron chi connectivity index (χ0n) is 30.9. The first-order valence-corrected chi connectivity index (χ1v) is 19.1. The van der Waals surface area contributed by atoms with Crippen LogP contribution in [0.4, 0.5) is 0 Å². The predicted octanol–water partition coefficient (Wildman–Crippen LogP) is 13.5. The van der Waals surface area contributed by atoms with E-state index in [1.807, 2.05) is 91.0 Å². The maximum absolute atomic E-state index is 9.55. The second-order valence-electron chi connectivity index (χ2n) is 14.3. The first kappa shape index (κ1) is 33.2. The van der Waals surface area contributed by atoms with Gasteiger partial charge < -0.3 is 8.83 Å². The standard InChI is InChI=1S/C52H30N4O2/c53-31-32-9-6-12-36(27-32)37-13-7-14-38(28-37)50-54-51(39-23-25-43-42-15-4-5-17-45(42)57-47(43)29-39)56-52(55-50)40-24-26-44-48(30-40)58-46-18-8-16-41(49(44)46)35-21-19-34(20-22-35)33-10-2-1-3-11-33/h1-30H. The highest BCUT2D eigenvalue weighted by molar-refractivity contribution is 6.13. The molecule has 6 nitrogen and oxygen atoms in total. The van der Waals surface area contributed by atoms with Crippen molar-refractivity contribution in [3.8, 4) is 73.6 Å². The number of nitriles is 1. The maximum Gasteiger partial charge on any atom is 0.164 e. The van der Waals surface area contributed by atoms with E-state index in [2.05, 4.69) is 91.0 Å². The molecule has 0 atom stereocenters. The van der Waals surface area contributed by atoms with Gasteiger partial charge in [0, 0.05) is 38.2 Å². The van der Waals surface area contributed by atoms with Gasteiger partial charge in [-0.1, -0.05) is 127 Å². The van der Waals surface area contributed by atoms with Gasteiger partial charge in [-0.05, 0) is 88.0 Å². The fraction of sp³-hybridized carbons (Fsp3) is 0. The molecule has 270 valence electrons. The first-order chi connectivity index (χ1) is 28.6. The van der Waals surface area contributed by atoms with Crippen LogP contribution in [0.2, 0.25) is 0 Å². The third kappa shape index (κ3) is 5.78. The molecule has 0 saturated heterocycles. The summed E-state index contributed by atoms with van der Waals surface area (Å²) in [5, 5.41) is 13.7. The largest absolute Gasteiger partial charge is 0.456 e. The van der Waals surface area contributed by atoms with E-state index in [9.17, 15) is 5.26 Å². The molecule has 11 rings (SSSR count). The van der Waals surface area contributed by atoms with Gasteiger partial charge in [-0.2, -0.15) is 5.26 Å². The topological polar surface area (TPSA) is 88.7 Å². The summed E-state index contributed by atoms with van der Waals surface area (Å²) in [7, 11) is 0. The monoisotopic (exact) mass is 742 g/mol. The van der Waals surface area contributed by atoms with Gasteiger partial charge in [-0.25, -0.2) is 15.0 Å². The Kier molecular flexibility index (Phi) is 7.76. The van der Waals surface area contributed by atoms with Gasteiger partial charge in [0.1, 0.15) is 22.3 Å². The van der Waals surface area contributed by atoms with E-state index in [4.69, 9.17) is 23.8 Å². The summed E-state index contributed by atoms with van der Waals surface area (Å²) in [4.78, 5) is 15.2. The number of fused-ring (bicyclic) bond motifs is 6. The van der Waals surface area contributed by atoms with Crippen LogP contribution in [0.3, 0.4) is 0 Å². The fourth-order valence-electron chi connectivity index (χ4n) is 7.91. The molecule has 0 radical (unpaired) electrons. The molecule has 0 saturated carbocycles. The number of furan rings is 2. The van der Waals surface area contributed by atoms with Crippen LogP contribution in [0.5, 0.6) is 0 Å². The summed E-state index contributed by atoms with van der Waals surface area (Å²) in [5.74, 6) is 1.56. The Balaban J connectivity index is 1.04. The van der Waals surface area contributed by atoms with Crippen molar-refractivity contribution in [3.63, 3.8) is 0 Å². The number of nitrogens with zero attached hydrogens (tertiary/aromatic N) is 4. The molecule has 0 bridgehead atoms. The minimum atomic E-state index is 0.515. The Bertz CT molecular complexity index is 3410. The van der Waals surface area contributed by atoms with Gasteiger partial charge in [0.25, 0.3) is 0 Å². The van der Waals surface area contributed by atoms with Crippen molar-refractivity contribution in [1.82, 2.24) is 15.0 Å². The minimum Gasteiger partial charge on any atom is -0.456 e. The average Bonchev–Trinajstić information content (AvgIpc) is 3.87. The third-order valence-electron chi connectivity index (χ3n) is 10.8. The zero-order chi connectivity index (χ0) is 38.6. The molecule has 3 aromatic heterocycles. The highest BCUT2D eigenvalue weighted by Gasteiger charge is 2.18. The molecule has 3 heterocycles. The van der Waals surface area contributed by atoms with Crippen LogP contribution in [0.15, 0.2) is 191 Å². The van der Waals surface area contributed by atoms with Crippen LogP contribution in [-0.4, -0.2) is 15.0 Å². The van der Waals surface area contributed by atoms with Crippen LogP contribution in [0, 0.1) is 11.3 Å². The van der Waals surface area contributed by atoms with Gasteiger partial charge in [-0.3, -0.25) is 0 Å². The summed E-state index contributed by atoms with van der Waals surface area (Å²) in [6.07, 6.45) is 0. The van der Waals surface area contributed by atoms with Crippen molar-refractivity contribution >= 4 is 43.9 Å². The van der Waals surface area contributed by atoms with E-state index in [-0.39, 0.29) is 0 Å². The first-order valence-electron chi connectivity index (χ1n) is 19.1. The number of rotatable bonds is 6. The van der Waals surface area contributed by atoms with Crippen molar-refractivity contribution in [2.45, 2.75) is 0 Å². The van der Waals surface area contributed by atoms with E-state index >= 15 is 0 Å². The number of para-hydroxylation sites is 1. The summed E-state index contributed by atoms with van der Waals surface area (Å²) in [6.45, 7) is 0. The Morgan fingerprint density at radius 3 is 1.60 bits per heavy atom. The number of hydrogen-bond acceptors (Lipinski definition) is 6. The van der Waals surface area contributed by atoms with Crippen LogP contribution >= 0.6 is 0 Å². The Labute approximate surface area is 333 Å². The molecule has 0 unspecified atom stereocenters. The lowest BCUT2D eigenvalue weighted by Gasteiger charge is -2.10. The summed E-state index contributed by atoms with van der Waals surface area (Å²) in [6, 6.07) is 63.5. The lowest BCUT2D eigenvalue weighted by Crippen LogP contribution is -2.00. The second kappa shape index (κ2) is 13.6. The lowest BCUT2D eigenvalue weighted by atomic mass is 9.96. The molecule has 0 fully saturated rings. The summed E-state index contributed by atoms with van der Waals surface area (Å²) >= 11 is 0. The molecular weight excluding hydrogens is 713 g/mol. The third-order valence-corrected chi connectivity index (χ3v) is 10.8. The van der Waals surface area contributed by atoms with Gasteiger partial charge in [0.15, 0.2) is 17.5 Å². The number of hydrogen-bond donors (Lipinski definition) is 0. The van der Waals surface area contributed by atoms with Crippen molar-refractivity contribution in [3.05, 3.63) is 188 Å². The number of benzene rings is 8. The average molecular weight is 743 g/mol. The number of aromatic nitrogens is 3. The van der Waals surface area contributed by atoms with Crippen molar-refractivity contribution < 1.29 is 8.83 Å². The molecule has 0 spiro atoms. The Morgan fingerprint density at radius 2 is 0.845 bits per heavy atom. The summed E-state index contributed by atoms with van der Waals surface area (Å²) < 4.78 is 12.8. The van der Waals surface area contributed by atoms with Crippen molar-refractivity contribution in [2.75, 3.05) is 0 Å². The lowest BCUT2D eigenvalue weighted by molar-refractivity contribution is 0.668. The van der Waals surface area contributed by atoms with Crippen LogP contribution < -0.4 is 0 Å². The predicted molar refractivity (Wildman–Crippen MR) is 232 cm³/mol. The van der Waals surface area contributed by atoms with Gasteiger partial charge >= 0.3 is 0 Å². The van der Waals surface area contributed by atoms with Gasteiger partial charge in [-0.15, -0.1) is 0 Å². The molecule has 0 aliphatic rings. The highest BCUT2D eigenvalue weighted by atomic mass is 16.3. The SMILES string of the molecule is N#Cc1cccc(-c2cccc(-c3nc(-c4ccc5c(c4)oc4ccccc45)nc(-c4ccc5c(c4)oc4cccc(-c6ccc(-c7ccccc7)cc6)c45)n3)c2)c1. The van der Waals surface area contributed by atoms with E-state index < -0.39 is 0 Å². The maximum atomic E-state index is 9.55. The minimum absolute atomic E-state index is 0.515. The highest BCUT2D eigenvalue weighted by Crippen LogP contribution is 2.39. The Hall–Kier alpha value is -8.14. The van der Waals surface area contributed by atoms with Crippen molar-refractivity contribution in [1.29, 1.82) is 5.26 Å². The van der Waals surface area contributed by atoms with E-state index in [1.54, 1.807) is 6.07 Å². The normalized spacial score (nSPS) is 11.4. The molecule has 6 heteroatoms. The molecule has 0 aliphatic heterocycles. The van der Waals surface area contributed by atoms with E-state index in [0.29, 0.717) is 23.0 Å². The van der Waals surface area contributed by atoms with Crippen LogP contribution in [0.25, 0.3) is 111 Å². The molecular formula is C52H30N4O2. The van der Waals surface area contributed by atoms with Gasteiger partial charge in [0.2, 0.25) is 0 Å². The zero-order valence-corrected chi connectivity index (χ0v) is 30.9. The second-order valence-corrected chi connectivity index (χ2v) is 14.3. The quantitative estimate of drug-likeness (QED) is 0.168. The molecule has 11 aromatic rings. The smallest absolute Gasteiger partial charge is 0.164 e. The molecule has 0 amide bonds. The Morgan fingerprint density at radius 1 is 0.345 bits per heavy atom. The van der Waals surface area contributed by atoms with Crippen molar-refractivity contribution in [2.24, 2.45) is 0 Å². The molecule has 8 aromatic carbocycles. The molecule has 58 heavy (non-hydrogen) atoms. The fourth-order valence-corrected chi connectivity index (χ4v) is 7.91. The van der Waals surface area contributed by atoms with Gasteiger partial charge in [0.05, 0.1) is 11.6 Å². The van der Waals surface area contributed by atoms with Crippen LogP contribution in [0.1, 0.15) is 5.56 Å². The van der Waals surface area contributed by atoms with Crippen LogP contribution in [-0.2, 0) is 0 Å². The molecule has 0 aliphatic carbocycles. The van der Waals surface area contributed by atoms with E-state index in [0.717, 1.165) is 82.8 Å². The summed E-state index contributed by atoms with van der Waals surface area (Å²) in [5.41, 5.74) is 12.6. The van der Waals surface area contributed by atoms with E-state index in [1.165, 1.54) is 11.1 Å².